The number of ether oxygens (including phenoxy) is 1. The molecule has 0 saturated carbocycles. The zero-order valence-corrected chi connectivity index (χ0v) is 16.0. The second-order valence-corrected chi connectivity index (χ2v) is 7.47. The van der Waals surface area contributed by atoms with Crippen LogP contribution in [0.4, 0.5) is 8.78 Å². The number of carbonyl (C=O) groups excluding carboxylic acids is 1. The number of piperidine rings is 1. The number of nitrogens with zero attached hydrogens (tertiary/aromatic N) is 3. The van der Waals surface area contributed by atoms with Gasteiger partial charge in [-0.05, 0) is 44.9 Å². The second-order valence-electron chi connectivity index (χ2n) is 6.44. The summed E-state index contributed by atoms with van der Waals surface area (Å²) < 4.78 is 31.4. The third kappa shape index (κ3) is 5.15. The number of carbonyl (C=O) groups is 1. The summed E-state index contributed by atoms with van der Waals surface area (Å²) >= 11 is 0.392. The van der Waals surface area contributed by atoms with Crippen LogP contribution < -0.4 is 4.74 Å². The van der Waals surface area contributed by atoms with E-state index in [1.165, 1.54) is 0 Å². The van der Waals surface area contributed by atoms with Gasteiger partial charge < -0.3 is 9.64 Å². The highest BCUT2D eigenvalue weighted by Crippen LogP contribution is 2.30. The molecule has 0 spiro atoms. The highest BCUT2D eigenvalue weighted by atomic mass is 32.2. The van der Waals surface area contributed by atoms with Crippen LogP contribution in [0.2, 0.25) is 0 Å². The topological polar surface area (TPSA) is 55.3 Å². The fraction of sp³-hybridized carbons (Fsp3) is 0.421. The molecule has 1 atom stereocenters. The van der Waals surface area contributed by atoms with E-state index in [-0.39, 0.29) is 16.9 Å². The van der Waals surface area contributed by atoms with E-state index >= 15 is 0 Å². The highest BCUT2D eigenvalue weighted by molar-refractivity contribution is 7.99. The minimum atomic E-state index is -2.57. The van der Waals surface area contributed by atoms with E-state index in [0.29, 0.717) is 36.4 Å². The molecule has 1 fully saturated rings. The molecule has 1 aromatic carbocycles. The maximum Gasteiger partial charge on any atom is 0.317 e. The molecule has 144 valence electrons. The average molecular weight is 393 g/mol. The van der Waals surface area contributed by atoms with Gasteiger partial charge >= 0.3 is 6.01 Å². The molecule has 5 nitrogen and oxygen atoms in total. The molecular weight excluding hydrogens is 372 g/mol. The van der Waals surface area contributed by atoms with Crippen LogP contribution in [0.5, 0.6) is 6.01 Å². The molecule has 0 unspecified atom stereocenters. The predicted octanol–water partition coefficient (Wildman–Crippen LogP) is 4.09. The molecule has 0 radical (unpaired) electrons. The number of aryl methyl sites for hydroxylation is 2. The van der Waals surface area contributed by atoms with E-state index < -0.39 is 5.76 Å². The molecule has 1 aromatic heterocycles. The van der Waals surface area contributed by atoms with Gasteiger partial charge in [-0.1, -0.05) is 23.9 Å². The van der Waals surface area contributed by atoms with Gasteiger partial charge in [-0.2, -0.15) is 8.78 Å². The van der Waals surface area contributed by atoms with Gasteiger partial charge in [0.2, 0.25) is 0 Å². The smallest absolute Gasteiger partial charge is 0.317 e. The van der Waals surface area contributed by atoms with E-state index in [1.807, 2.05) is 19.9 Å². The summed E-state index contributed by atoms with van der Waals surface area (Å²) in [6, 6.07) is 8.64. The van der Waals surface area contributed by atoms with Crippen molar-refractivity contribution in [2.45, 2.75) is 43.4 Å². The number of thioether (sulfide) groups is 1. The molecule has 8 heteroatoms. The van der Waals surface area contributed by atoms with Gasteiger partial charge in [0.15, 0.2) is 0 Å². The number of aromatic nitrogens is 2. The molecule has 3 rings (SSSR count). The number of alkyl halides is 2. The molecule has 1 amide bonds. The lowest BCUT2D eigenvalue weighted by Gasteiger charge is -2.32. The van der Waals surface area contributed by atoms with E-state index in [9.17, 15) is 13.6 Å². The SMILES string of the molecule is Cc1cc(C)nc(O[C@H]2CCCN(C(=O)c3ccccc3SC(F)F)C2)n1. The summed E-state index contributed by atoms with van der Waals surface area (Å²) in [7, 11) is 0. The Labute approximate surface area is 161 Å². The van der Waals surface area contributed by atoms with Gasteiger partial charge in [-0.3, -0.25) is 4.79 Å². The number of hydrogen-bond donors (Lipinski definition) is 0. The Morgan fingerprint density at radius 3 is 2.67 bits per heavy atom. The van der Waals surface area contributed by atoms with Gasteiger partial charge in [0.25, 0.3) is 11.7 Å². The molecule has 1 aliphatic heterocycles. The maximum atomic E-state index is 12.9. The van der Waals surface area contributed by atoms with Crippen molar-refractivity contribution in [1.82, 2.24) is 14.9 Å². The molecular formula is C19H21F2N3O2S. The van der Waals surface area contributed by atoms with Crippen molar-refractivity contribution in [3.05, 3.63) is 47.3 Å². The first kappa shape index (κ1) is 19.5. The Hall–Kier alpha value is -2.22. The van der Waals surface area contributed by atoms with Gasteiger partial charge in [-0.25, -0.2) is 9.97 Å². The van der Waals surface area contributed by atoms with Crippen LogP contribution in [-0.4, -0.2) is 45.7 Å². The van der Waals surface area contributed by atoms with Crippen molar-refractivity contribution in [3.8, 4) is 6.01 Å². The molecule has 0 N–H and O–H groups in total. The maximum absolute atomic E-state index is 12.9. The minimum absolute atomic E-state index is 0.223. The number of hydrogen-bond acceptors (Lipinski definition) is 5. The van der Waals surface area contributed by atoms with Crippen LogP contribution in [-0.2, 0) is 0 Å². The Morgan fingerprint density at radius 2 is 1.96 bits per heavy atom. The Morgan fingerprint density at radius 1 is 1.26 bits per heavy atom. The summed E-state index contributed by atoms with van der Waals surface area (Å²) in [5, 5.41) is 0. The first-order chi connectivity index (χ1) is 12.9. The normalized spacial score (nSPS) is 17.2. The lowest BCUT2D eigenvalue weighted by atomic mass is 10.1. The van der Waals surface area contributed by atoms with Gasteiger partial charge in [0.1, 0.15) is 6.10 Å². The van der Waals surface area contributed by atoms with Crippen molar-refractivity contribution in [2.75, 3.05) is 13.1 Å². The highest BCUT2D eigenvalue weighted by Gasteiger charge is 2.28. The van der Waals surface area contributed by atoms with Crippen molar-refractivity contribution >= 4 is 17.7 Å². The van der Waals surface area contributed by atoms with Crippen LogP contribution in [0.3, 0.4) is 0 Å². The van der Waals surface area contributed by atoms with Gasteiger partial charge in [-0.15, -0.1) is 0 Å². The number of benzene rings is 1. The summed E-state index contributed by atoms with van der Waals surface area (Å²) in [5.74, 6) is -2.83. The first-order valence-electron chi connectivity index (χ1n) is 8.74. The van der Waals surface area contributed by atoms with E-state index in [4.69, 9.17) is 4.74 Å². The Kier molecular flexibility index (Phi) is 6.26. The van der Waals surface area contributed by atoms with Crippen molar-refractivity contribution in [1.29, 1.82) is 0 Å². The molecule has 2 heterocycles. The Bertz CT molecular complexity index is 799. The monoisotopic (exact) mass is 393 g/mol. The van der Waals surface area contributed by atoms with Crippen LogP contribution in [0.25, 0.3) is 0 Å². The number of amides is 1. The first-order valence-corrected chi connectivity index (χ1v) is 9.62. The third-order valence-corrected chi connectivity index (χ3v) is 5.02. The van der Waals surface area contributed by atoms with Crippen molar-refractivity contribution in [3.63, 3.8) is 0 Å². The molecule has 1 saturated heterocycles. The summed E-state index contributed by atoms with van der Waals surface area (Å²) in [6.07, 6.45) is 1.33. The largest absolute Gasteiger partial charge is 0.458 e. The number of rotatable bonds is 5. The lowest BCUT2D eigenvalue weighted by molar-refractivity contribution is 0.0512. The van der Waals surface area contributed by atoms with E-state index in [0.717, 1.165) is 24.2 Å². The molecule has 0 bridgehead atoms. The second kappa shape index (κ2) is 8.65. The van der Waals surface area contributed by atoms with Gasteiger partial charge in [0.05, 0.1) is 12.1 Å². The molecule has 1 aliphatic rings. The van der Waals surface area contributed by atoms with Crippen LogP contribution in [0.1, 0.15) is 34.6 Å². The average Bonchev–Trinajstić information content (AvgIpc) is 2.60. The zero-order chi connectivity index (χ0) is 19.4. The van der Waals surface area contributed by atoms with E-state index in [1.54, 1.807) is 29.2 Å². The third-order valence-electron chi connectivity index (χ3n) is 4.23. The standard InChI is InChI=1S/C19H21F2N3O2S/c1-12-10-13(2)23-19(22-12)26-14-6-5-9-24(11-14)17(25)15-7-3-4-8-16(15)27-18(20)21/h3-4,7-8,10,14,18H,5-6,9,11H2,1-2H3/t14-/m0/s1. The van der Waals surface area contributed by atoms with Crippen LogP contribution in [0.15, 0.2) is 35.2 Å². The fourth-order valence-electron chi connectivity index (χ4n) is 3.13. The van der Waals surface area contributed by atoms with Crippen LogP contribution in [0, 0.1) is 13.8 Å². The minimum Gasteiger partial charge on any atom is -0.458 e. The lowest BCUT2D eigenvalue weighted by Crippen LogP contribution is -2.44. The van der Waals surface area contributed by atoms with E-state index in [2.05, 4.69) is 9.97 Å². The zero-order valence-electron chi connectivity index (χ0n) is 15.2. The number of likely N-dealkylation sites (tertiary alicyclic amines) is 1. The summed E-state index contributed by atoms with van der Waals surface area (Å²) in [4.78, 5) is 23.4. The summed E-state index contributed by atoms with van der Waals surface area (Å²) in [6.45, 7) is 4.69. The predicted molar refractivity (Wildman–Crippen MR) is 99.4 cm³/mol. The molecule has 27 heavy (non-hydrogen) atoms. The quantitative estimate of drug-likeness (QED) is 0.716. The van der Waals surface area contributed by atoms with Crippen molar-refractivity contribution in [2.24, 2.45) is 0 Å². The molecule has 2 aromatic rings. The van der Waals surface area contributed by atoms with Gasteiger partial charge in [0, 0.05) is 22.8 Å². The van der Waals surface area contributed by atoms with Crippen LogP contribution >= 0.6 is 11.8 Å². The van der Waals surface area contributed by atoms with Crippen molar-refractivity contribution < 1.29 is 18.3 Å². The summed E-state index contributed by atoms with van der Waals surface area (Å²) in [5.41, 5.74) is 1.93. The fourth-order valence-corrected chi connectivity index (χ4v) is 3.76. The Balaban J connectivity index is 1.71. The number of halogens is 2. The molecule has 0 aliphatic carbocycles.